The molecule has 1 aromatic rings. The van der Waals surface area contributed by atoms with Crippen molar-refractivity contribution in [2.45, 2.75) is 47.1 Å². The van der Waals surface area contributed by atoms with Gasteiger partial charge in [0.1, 0.15) is 11.6 Å². The molecule has 134 valence electrons. The highest BCUT2D eigenvalue weighted by atomic mass is 32.1. The smallest absolute Gasteiger partial charge is 0.231 e. The second-order valence-corrected chi connectivity index (χ2v) is 8.03. The van der Waals surface area contributed by atoms with Gasteiger partial charge in [0, 0.05) is 25.1 Å². The lowest BCUT2D eigenvalue weighted by molar-refractivity contribution is -0.142. The highest BCUT2D eigenvalue weighted by Crippen LogP contribution is 2.25. The zero-order chi connectivity index (χ0) is 17.7. The Hall–Kier alpha value is -1.54. The average Bonchev–Trinajstić information content (AvgIpc) is 2.98. The SMILES string of the molecule is CCOCc1nnc(NC(=O)[C@H]2CCCN(C(=O)C(C)(C)C)C2)s1. The maximum atomic E-state index is 12.5. The number of nitrogens with one attached hydrogen (secondary N) is 1. The van der Waals surface area contributed by atoms with Gasteiger partial charge in [-0.2, -0.15) is 0 Å². The van der Waals surface area contributed by atoms with Crippen molar-refractivity contribution in [1.29, 1.82) is 0 Å². The third-order valence-electron chi connectivity index (χ3n) is 3.85. The van der Waals surface area contributed by atoms with Crippen LogP contribution in [0.5, 0.6) is 0 Å². The first-order valence-electron chi connectivity index (χ1n) is 8.31. The first-order chi connectivity index (χ1) is 11.3. The summed E-state index contributed by atoms with van der Waals surface area (Å²) in [6.07, 6.45) is 1.62. The molecule has 0 spiro atoms. The molecule has 2 rings (SSSR count). The van der Waals surface area contributed by atoms with E-state index in [1.54, 1.807) is 4.90 Å². The number of carbonyl (C=O) groups is 2. The topological polar surface area (TPSA) is 84.4 Å². The van der Waals surface area contributed by atoms with Gasteiger partial charge in [0.05, 0.1) is 5.92 Å². The lowest BCUT2D eigenvalue weighted by Crippen LogP contribution is -2.47. The van der Waals surface area contributed by atoms with Gasteiger partial charge in [0.25, 0.3) is 0 Å². The van der Waals surface area contributed by atoms with Gasteiger partial charge in [-0.1, -0.05) is 32.1 Å². The van der Waals surface area contributed by atoms with Crippen molar-refractivity contribution in [3.05, 3.63) is 5.01 Å². The summed E-state index contributed by atoms with van der Waals surface area (Å²) in [6.45, 7) is 9.82. The number of piperidine rings is 1. The fraction of sp³-hybridized carbons (Fsp3) is 0.750. The minimum absolute atomic E-state index is 0.0925. The Kier molecular flexibility index (Phi) is 6.28. The Morgan fingerprint density at radius 3 is 2.79 bits per heavy atom. The maximum absolute atomic E-state index is 12.5. The highest BCUT2D eigenvalue weighted by molar-refractivity contribution is 7.15. The van der Waals surface area contributed by atoms with E-state index in [-0.39, 0.29) is 17.7 Å². The number of anilines is 1. The lowest BCUT2D eigenvalue weighted by atomic mass is 9.91. The van der Waals surface area contributed by atoms with Crippen LogP contribution in [0.1, 0.15) is 45.5 Å². The fourth-order valence-corrected chi connectivity index (χ4v) is 3.29. The summed E-state index contributed by atoms with van der Waals surface area (Å²) in [7, 11) is 0. The van der Waals surface area contributed by atoms with Crippen LogP contribution in [0.2, 0.25) is 0 Å². The second-order valence-electron chi connectivity index (χ2n) is 6.97. The molecule has 1 aliphatic rings. The number of likely N-dealkylation sites (tertiary alicyclic amines) is 1. The molecule has 1 atom stereocenters. The molecule has 1 saturated heterocycles. The minimum Gasteiger partial charge on any atom is -0.374 e. The van der Waals surface area contributed by atoms with Crippen LogP contribution in [0.3, 0.4) is 0 Å². The zero-order valence-electron chi connectivity index (χ0n) is 14.8. The standard InChI is InChI=1S/C16H26N4O3S/c1-5-23-10-12-18-19-15(24-12)17-13(21)11-7-6-8-20(9-11)14(22)16(2,3)4/h11H,5-10H2,1-4H3,(H,17,19,21)/t11-/m0/s1. The molecular formula is C16H26N4O3S. The number of amides is 2. The van der Waals surface area contributed by atoms with E-state index in [0.29, 0.717) is 24.9 Å². The van der Waals surface area contributed by atoms with E-state index < -0.39 is 5.41 Å². The second kappa shape index (κ2) is 8.02. The molecule has 1 fully saturated rings. The Balaban J connectivity index is 1.92. The molecule has 0 aliphatic carbocycles. The molecule has 0 aromatic carbocycles. The highest BCUT2D eigenvalue weighted by Gasteiger charge is 2.33. The van der Waals surface area contributed by atoms with Crippen molar-refractivity contribution in [3.63, 3.8) is 0 Å². The average molecular weight is 354 g/mol. The quantitative estimate of drug-likeness (QED) is 0.877. The summed E-state index contributed by atoms with van der Waals surface area (Å²) in [6, 6.07) is 0. The van der Waals surface area contributed by atoms with Crippen LogP contribution in [0, 0.1) is 11.3 Å². The third-order valence-corrected chi connectivity index (χ3v) is 4.66. The largest absolute Gasteiger partial charge is 0.374 e. The van der Waals surface area contributed by atoms with Gasteiger partial charge in [-0.3, -0.25) is 9.59 Å². The van der Waals surface area contributed by atoms with Crippen LogP contribution in [-0.4, -0.2) is 46.6 Å². The Labute approximate surface area is 146 Å². The van der Waals surface area contributed by atoms with E-state index in [1.807, 2.05) is 27.7 Å². The van der Waals surface area contributed by atoms with Crippen molar-refractivity contribution in [1.82, 2.24) is 15.1 Å². The summed E-state index contributed by atoms with van der Waals surface area (Å²) in [5, 5.41) is 12.0. The molecule has 1 aromatic heterocycles. The number of hydrogen-bond donors (Lipinski definition) is 1. The molecular weight excluding hydrogens is 328 g/mol. The van der Waals surface area contributed by atoms with E-state index in [2.05, 4.69) is 15.5 Å². The van der Waals surface area contributed by atoms with Crippen molar-refractivity contribution in [2.75, 3.05) is 25.0 Å². The number of hydrogen-bond acceptors (Lipinski definition) is 6. The van der Waals surface area contributed by atoms with Gasteiger partial charge in [-0.15, -0.1) is 10.2 Å². The Bertz CT molecular complexity index is 582. The summed E-state index contributed by atoms with van der Waals surface area (Å²) >= 11 is 1.32. The van der Waals surface area contributed by atoms with Crippen LogP contribution in [0.4, 0.5) is 5.13 Å². The number of carbonyl (C=O) groups excluding carboxylic acids is 2. The summed E-state index contributed by atoms with van der Waals surface area (Å²) < 4.78 is 5.28. The van der Waals surface area contributed by atoms with Gasteiger partial charge in [0.2, 0.25) is 16.9 Å². The molecule has 0 radical (unpaired) electrons. The molecule has 0 bridgehead atoms. The molecule has 7 nitrogen and oxygen atoms in total. The van der Waals surface area contributed by atoms with Gasteiger partial charge in [0.15, 0.2) is 0 Å². The molecule has 2 amide bonds. The Morgan fingerprint density at radius 1 is 1.38 bits per heavy atom. The monoisotopic (exact) mass is 354 g/mol. The van der Waals surface area contributed by atoms with Crippen LogP contribution >= 0.6 is 11.3 Å². The normalized spacial score (nSPS) is 18.5. The van der Waals surface area contributed by atoms with Crippen LogP contribution < -0.4 is 5.32 Å². The fourth-order valence-electron chi connectivity index (χ4n) is 2.61. The maximum Gasteiger partial charge on any atom is 0.231 e. The molecule has 0 saturated carbocycles. The van der Waals surface area contributed by atoms with Crippen molar-refractivity contribution >= 4 is 28.3 Å². The summed E-state index contributed by atoms with van der Waals surface area (Å²) in [5.41, 5.74) is -0.425. The molecule has 1 N–H and O–H groups in total. The van der Waals surface area contributed by atoms with Crippen LogP contribution in [0.15, 0.2) is 0 Å². The number of nitrogens with zero attached hydrogens (tertiary/aromatic N) is 3. The molecule has 0 unspecified atom stereocenters. The van der Waals surface area contributed by atoms with Gasteiger partial charge >= 0.3 is 0 Å². The minimum atomic E-state index is -0.425. The first-order valence-corrected chi connectivity index (χ1v) is 9.13. The van der Waals surface area contributed by atoms with Crippen molar-refractivity contribution in [3.8, 4) is 0 Å². The zero-order valence-corrected chi connectivity index (χ0v) is 15.6. The summed E-state index contributed by atoms with van der Waals surface area (Å²) in [5.74, 6) is -0.209. The van der Waals surface area contributed by atoms with E-state index in [9.17, 15) is 9.59 Å². The molecule has 8 heteroatoms. The number of ether oxygens (including phenoxy) is 1. The van der Waals surface area contributed by atoms with Gasteiger partial charge < -0.3 is 15.0 Å². The van der Waals surface area contributed by atoms with E-state index >= 15 is 0 Å². The third kappa shape index (κ3) is 4.98. The van der Waals surface area contributed by atoms with Crippen molar-refractivity contribution in [2.24, 2.45) is 11.3 Å². The Morgan fingerprint density at radius 2 is 2.12 bits per heavy atom. The molecule has 24 heavy (non-hydrogen) atoms. The first kappa shape index (κ1) is 18.8. The number of aromatic nitrogens is 2. The van der Waals surface area contributed by atoms with Gasteiger partial charge in [-0.05, 0) is 19.8 Å². The predicted octanol–water partition coefficient (Wildman–Crippen LogP) is 2.30. The van der Waals surface area contributed by atoms with Gasteiger partial charge in [-0.25, -0.2) is 0 Å². The number of rotatable bonds is 5. The van der Waals surface area contributed by atoms with Crippen molar-refractivity contribution < 1.29 is 14.3 Å². The van der Waals surface area contributed by atoms with E-state index in [0.717, 1.165) is 24.4 Å². The summed E-state index contributed by atoms with van der Waals surface area (Å²) in [4.78, 5) is 26.7. The predicted molar refractivity (Wildman–Crippen MR) is 92.6 cm³/mol. The lowest BCUT2D eigenvalue weighted by Gasteiger charge is -2.35. The van der Waals surface area contributed by atoms with E-state index in [4.69, 9.17) is 4.74 Å². The van der Waals surface area contributed by atoms with E-state index in [1.165, 1.54) is 11.3 Å². The molecule has 1 aliphatic heterocycles. The van der Waals surface area contributed by atoms with Crippen LogP contribution in [-0.2, 0) is 20.9 Å². The molecule has 2 heterocycles. The van der Waals surface area contributed by atoms with Crippen LogP contribution in [0.25, 0.3) is 0 Å².